The van der Waals surface area contributed by atoms with Crippen LogP contribution in [0.1, 0.15) is 13.3 Å². The number of hydrogen-bond donors (Lipinski definition) is 3. The normalized spacial score (nSPS) is 25.3. The Kier molecular flexibility index (Phi) is 3.49. The van der Waals surface area contributed by atoms with Gasteiger partial charge in [-0.15, -0.1) is 0 Å². The van der Waals surface area contributed by atoms with Crippen molar-refractivity contribution in [1.29, 1.82) is 0 Å². The van der Waals surface area contributed by atoms with Gasteiger partial charge in [-0.3, -0.25) is 4.79 Å². The number of carbonyl (C=O) groups is 1. The predicted octanol–water partition coefficient (Wildman–Crippen LogP) is -0.907. The highest BCUT2D eigenvalue weighted by atomic mass is 16.3. The zero-order valence-corrected chi connectivity index (χ0v) is 7.34. The smallest absolute Gasteiger partial charge is 0.248 e. The Balaban J connectivity index is 2.12. The lowest BCUT2D eigenvalue weighted by atomic mass is 10.1. The molecule has 1 saturated heterocycles. The van der Waals surface area contributed by atoms with E-state index in [1.54, 1.807) is 0 Å². The van der Waals surface area contributed by atoms with E-state index in [4.69, 9.17) is 5.11 Å². The molecular formula is C8H16N2O2. The van der Waals surface area contributed by atoms with Gasteiger partial charge in [0.05, 0.1) is 0 Å². The van der Waals surface area contributed by atoms with Crippen LogP contribution in [0.5, 0.6) is 0 Å². The molecule has 1 fully saturated rings. The largest absolute Gasteiger partial charge is 0.384 e. The molecule has 4 heteroatoms. The molecule has 0 radical (unpaired) electrons. The molecule has 0 aromatic heterocycles. The molecule has 0 bridgehead atoms. The molecule has 1 aliphatic rings. The molecule has 1 heterocycles. The lowest BCUT2D eigenvalue weighted by Gasteiger charge is -2.10. The number of hydrogen-bond acceptors (Lipinski definition) is 3. The molecule has 12 heavy (non-hydrogen) atoms. The minimum Gasteiger partial charge on any atom is -0.384 e. The second-order valence-corrected chi connectivity index (χ2v) is 3.28. The van der Waals surface area contributed by atoms with Gasteiger partial charge >= 0.3 is 0 Å². The van der Waals surface area contributed by atoms with Crippen molar-refractivity contribution in [1.82, 2.24) is 10.6 Å². The molecule has 4 nitrogen and oxygen atoms in total. The van der Waals surface area contributed by atoms with Crippen molar-refractivity contribution < 1.29 is 9.90 Å². The number of aliphatic hydroxyl groups is 1. The van der Waals surface area contributed by atoms with Crippen LogP contribution in [0, 0.1) is 5.92 Å². The number of rotatable bonds is 3. The first-order valence-corrected chi connectivity index (χ1v) is 4.36. The van der Waals surface area contributed by atoms with Crippen molar-refractivity contribution in [3.05, 3.63) is 0 Å². The molecular weight excluding hydrogens is 156 g/mol. The van der Waals surface area contributed by atoms with Gasteiger partial charge in [0.25, 0.3) is 0 Å². The van der Waals surface area contributed by atoms with Crippen molar-refractivity contribution in [2.24, 2.45) is 5.92 Å². The summed E-state index contributed by atoms with van der Waals surface area (Å²) in [6, 6.07) is 0. The van der Waals surface area contributed by atoms with Crippen LogP contribution in [0.15, 0.2) is 0 Å². The number of amides is 1. The molecule has 0 saturated carbocycles. The van der Waals surface area contributed by atoms with Crippen molar-refractivity contribution in [2.45, 2.75) is 19.4 Å². The fraction of sp³-hybridized carbons (Fsp3) is 0.875. The first-order valence-electron chi connectivity index (χ1n) is 4.36. The van der Waals surface area contributed by atoms with Gasteiger partial charge < -0.3 is 15.7 Å². The minimum absolute atomic E-state index is 0.276. The third-order valence-corrected chi connectivity index (χ3v) is 2.11. The first kappa shape index (κ1) is 9.48. The number of nitrogens with one attached hydrogen (secondary N) is 2. The van der Waals surface area contributed by atoms with Crippen molar-refractivity contribution in [3.8, 4) is 0 Å². The minimum atomic E-state index is -0.889. The molecule has 1 rings (SSSR count). The Morgan fingerprint density at radius 2 is 2.58 bits per heavy atom. The zero-order chi connectivity index (χ0) is 8.97. The topological polar surface area (TPSA) is 61.4 Å². The van der Waals surface area contributed by atoms with Gasteiger partial charge in [0.15, 0.2) is 0 Å². The van der Waals surface area contributed by atoms with Gasteiger partial charge in [-0.25, -0.2) is 0 Å². The zero-order valence-electron chi connectivity index (χ0n) is 7.34. The fourth-order valence-electron chi connectivity index (χ4n) is 1.28. The van der Waals surface area contributed by atoms with Gasteiger partial charge in [-0.05, 0) is 32.4 Å². The summed E-state index contributed by atoms with van der Waals surface area (Å²) in [4.78, 5) is 10.9. The molecule has 70 valence electrons. The van der Waals surface area contributed by atoms with Crippen LogP contribution < -0.4 is 10.6 Å². The average Bonchev–Trinajstić information content (AvgIpc) is 2.51. The lowest BCUT2D eigenvalue weighted by Crippen LogP contribution is -2.36. The summed E-state index contributed by atoms with van der Waals surface area (Å²) >= 11 is 0. The SMILES string of the molecule is C[C@H](O)C(=O)NC[C@H]1CCNC1. The number of aliphatic hydroxyl groups excluding tert-OH is 1. The van der Waals surface area contributed by atoms with Crippen LogP contribution in [0.4, 0.5) is 0 Å². The maximum absolute atomic E-state index is 10.9. The highest BCUT2D eigenvalue weighted by molar-refractivity contribution is 5.79. The van der Waals surface area contributed by atoms with Crippen LogP contribution in [0.2, 0.25) is 0 Å². The van der Waals surface area contributed by atoms with Crippen LogP contribution >= 0.6 is 0 Å². The summed E-state index contributed by atoms with van der Waals surface area (Å²) in [5.74, 6) is 0.259. The molecule has 0 aliphatic carbocycles. The van der Waals surface area contributed by atoms with Gasteiger partial charge in [0.1, 0.15) is 6.10 Å². The third kappa shape index (κ3) is 2.79. The van der Waals surface area contributed by atoms with Crippen molar-refractivity contribution in [3.63, 3.8) is 0 Å². The van der Waals surface area contributed by atoms with E-state index in [-0.39, 0.29) is 5.91 Å². The quantitative estimate of drug-likeness (QED) is 0.516. The molecule has 0 aromatic carbocycles. The van der Waals surface area contributed by atoms with Crippen molar-refractivity contribution in [2.75, 3.05) is 19.6 Å². The Labute approximate surface area is 72.3 Å². The van der Waals surface area contributed by atoms with Gasteiger partial charge in [-0.1, -0.05) is 0 Å². The Hall–Kier alpha value is -0.610. The van der Waals surface area contributed by atoms with Crippen LogP contribution in [-0.4, -0.2) is 36.8 Å². The van der Waals surface area contributed by atoms with Crippen molar-refractivity contribution >= 4 is 5.91 Å². The molecule has 1 amide bonds. The summed E-state index contributed by atoms with van der Waals surface area (Å²) in [7, 11) is 0. The Morgan fingerprint density at radius 3 is 3.08 bits per heavy atom. The standard InChI is InChI=1S/C8H16N2O2/c1-6(11)8(12)10-5-7-2-3-9-4-7/h6-7,9,11H,2-5H2,1H3,(H,10,12)/t6-,7-/m0/s1. The van der Waals surface area contributed by atoms with E-state index >= 15 is 0 Å². The third-order valence-electron chi connectivity index (χ3n) is 2.11. The van der Waals surface area contributed by atoms with Crippen LogP contribution in [-0.2, 0) is 4.79 Å². The van der Waals surface area contributed by atoms with E-state index in [1.165, 1.54) is 6.92 Å². The predicted molar refractivity (Wildman–Crippen MR) is 45.7 cm³/mol. The van der Waals surface area contributed by atoms with E-state index in [1.807, 2.05) is 0 Å². The maximum Gasteiger partial charge on any atom is 0.248 e. The maximum atomic E-state index is 10.9. The van der Waals surface area contributed by atoms with Crippen LogP contribution in [0.3, 0.4) is 0 Å². The summed E-state index contributed by atoms with van der Waals surface area (Å²) in [6.45, 7) is 4.16. The van der Waals surface area contributed by atoms with E-state index in [2.05, 4.69) is 10.6 Å². The fourth-order valence-corrected chi connectivity index (χ4v) is 1.28. The number of carbonyl (C=O) groups excluding carboxylic acids is 1. The first-order chi connectivity index (χ1) is 5.70. The summed E-state index contributed by atoms with van der Waals surface area (Å²) in [5, 5.41) is 14.8. The van der Waals surface area contributed by atoms with Crippen LogP contribution in [0.25, 0.3) is 0 Å². The second-order valence-electron chi connectivity index (χ2n) is 3.28. The molecule has 3 N–H and O–H groups in total. The average molecular weight is 172 g/mol. The highest BCUT2D eigenvalue weighted by Crippen LogP contribution is 2.04. The molecule has 1 aliphatic heterocycles. The molecule has 0 aromatic rings. The highest BCUT2D eigenvalue weighted by Gasteiger charge is 2.16. The van der Waals surface area contributed by atoms with Gasteiger partial charge in [0, 0.05) is 6.54 Å². The molecule has 0 unspecified atom stereocenters. The Bertz CT molecular complexity index is 153. The van der Waals surface area contributed by atoms with E-state index < -0.39 is 6.10 Å². The molecule has 0 spiro atoms. The van der Waals surface area contributed by atoms with E-state index in [0.29, 0.717) is 12.5 Å². The molecule has 2 atom stereocenters. The van der Waals surface area contributed by atoms with E-state index in [0.717, 1.165) is 19.5 Å². The monoisotopic (exact) mass is 172 g/mol. The summed E-state index contributed by atoms with van der Waals surface area (Å²) in [5.41, 5.74) is 0. The summed E-state index contributed by atoms with van der Waals surface area (Å²) in [6.07, 6.45) is 0.222. The summed E-state index contributed by atoms with van der Waals surface area (Å²) < 4.78 is 0. The Morgan fingerprint density at radius 1 is 1.83 bits per heavy atom. The van der Waals surface area contributed by atoms with Gasteiger partial charge in [-0.2, -0.15) is 0 Å². The second kappa shape index (κ2) is 4.42. The van der Waals surface area contributed by atoms with E-state index in [9.17, 15) is 4.79 Å². The lowest BCUT2D eigenvalue weighted by molar-refractivity contribution is -0.128. The van der Waals surface area contributed by atoms with Gasteiger partial charge in [0.2, 0.25) is 5.91 Å².